The molecule has 1 atom stereocenters. The number of likely N-dealkylation sites (tertiary alicyclic amines) is 1. The van der Waals surface area contributed by atoms with Gasteiger partial charge in [-0.1, -0.05) is 5.21 Å². The zero-order chi connectivity index (χ0) is 21.8. The first-order valence-corrected chi connectivity index (χ1v) is 10.0. The molecule has 1 aliphatic rings. The van der Waals surface area contributed by atoms with Crippen LogP contribution in [-0.2, 0) is 32.2 Å². The lowest BCUT2D eigenvalue weighted by Gasteiger charge is -2.37. The second kappa shape index (κ2) is 13.1. The van der Waals surface area contributed by atoms with Crippen LogP contribution in [0.3, 0.4) is 0 Å². The van der Waals surface area contributed by atoms with E-state index in [2.05, 4.69) is 20.9 Å². The fourth-order valence-corrected chi connectivity index (χ4v) is 2.58. The van der Waals surface area contributed by atoms with Crippen LogP contribution in [0.15, 0.2) is 6.20 Å². The summed E-state index contributed by atoms with van der Waals surface area (Å²) < 4.78 is 17.5. The molecular formula is C18H32N6O6. The summed E-state index contributed by atoms with van der Waals surface area (Å²) in [7, 11) is 1.65. The number of methoxy groups -OCH3 is 1. The van der Waals surface area contributed by atoms with Crippen LogP contribution in [0.4, 0.5) is 4.79 Å². The van der Waals surface area contributed by atoms with Gasteiger partial charge in [0, 0.05) is 26.8 Å². The molecule has 0 bridgehead atoms. The highest BCUT2D eigenvalue weighted by atomic mass is 16.5. The lowest BCUT2D eigenvalue weighted by Crippen LogP contribution is -2.57. The van der Waals surface area contributed by atoms with E-state index in [0.29, 0.717) is 45.1 Å². The molecular weight excluding hydrogens is 396 g/mol. The lowest BCUT2D eigenvalue weighted by atomic mass is 10.2. The summed E-state index contributed by atoms with van der Waals surface area (Å²) in [6, 6.07) is -0.0693. The molecule has 0 aliphatic carbocycles. The molecule has 0 aromatic carbocycles. The number of aliphatic hydroxyl groups is 1. The molecule has 1 saturated heterocycles. The van der Waals surface area contributed by atoms with Crippen molar-refractivity contribution in [3.63, 3.8) is 0 Å². The number of carbonyl (C=O) groups is 2. The van der Waals surface area contributed by atoms with Gasteiger partial charge in [0.25, 0.3) is 0 Å². The Bertz CT molecular complexity index is 649. The smallest absolute Gasteiger partial charge is 0.317 e. The summed E-state index contributed by atoms with van der Waals surface area (Å²) >= 11 is 0. The predicted molar refractivity (Wildman–Crippen MR) is 106 cm³/mol. The number of hydrogen-bond donors (Lipinski definition) is 3. The van der Waals surface area contributed by atoms with E-state index in [9.17, 15) is 9.59 Å². The Morgan fingerprint density at radius 3 is 2.77 bits per heavy atom. The number of carbonyl (C=O) groups excluding carboxylic acids is 2. The molecule has 0 spiro atoms. The lowest BCUT2D eigenvalue weighted by molar-refractivity contribution is -0.122. The Balaban J connectivity index is 1.42. The van der Waals surface area contributed by atoms with Crippen LogP contribution in [-0.4, -0.2) is 102 Å². The van der Waals surface area contributed by atoms with Gasteiger partial charge in [-0.05, 0) is 13.3 Å². The van der Waals surface area contributed by atoms with Crippen molar-refractivity contribution in [2.24, 2.45) is 0 Å². The third-order valence-electron chi connectivity index (χ3n) is 4.32. The molecule has 170 valence electrons. The molecule has 0 saturated carbocycles. The summed E-state index contributed by atoms with van der Waals surface area (Å²) in [5, 5.41) is 22.4. The van der Waals surface area contributed by atoms with Gasteiger partial charge in [-0.15, -0.1) is 5.10 Å². The van der Waals surface area contributed by atoms with Gasteiger partial charge in [-0.2, -0.15) is 0 Å². The molecule has 3 N–H and O–H groups in total. The molecule has 12 nitrogen and oxygen atoms in total. The molecule has 12 heteroatoms. The van der Waals surface area contributed by atoms with Gasteiger partial charge >= 0.3 is 6.03 Å². The second-order valence-corrected chi connectivity index (χ2v) is 7.07. The molecule has 30 heavy (non-hydrogen) atoms. The van der Waals surface area contributed by atoms with Crippen molar-refractivity contribution >= 4 is 11.9 Å². The van der Waals surface area contributed by atoms with Crippen LogP contribution in [0.2, 0.25) is 0 Å². The fourth-order valence-electron chi connectivity index (χ4n) is 2.58. The third kappa shape index (κ3) is 9.03. The van der Waals surface area contributed by atoms with Crippen molar-refractivity contribution < 1.29 is 28.9 Å². The average Bonchev–Trinajstić information content (AvgIpc) is 3.11. The monoisotopic (exact) mass is 428 g/mol. The van der Waals surface area contributed by atoms with Crippen molar-refractivity contribution in [2.45, 2.75) is 38.7 Å². The minimum Gasteiger partial charge on any atom is -0.392 e. The maximum absolute atomic E-state index is 11.8. The Morgan fingerprint density at radius 1 is 1.27 bits per heavy atom. The zero-order valence-electron chi connectivity index (χ0n) is 17.6. The Hall–Kier alpha value is -2.28. The van der Waals surface area contributed by atoms with Gasteiger partial charge in [0.15, 0.2) is 0 Å². The van der Waals surface area contributed by atoms with Crippen LogP contribution in [0.1, 0.15) is 19.0 Å². The molecule has 1 aliphatic heterocycles. The highest BCUT2D eigenvalue weighted by Gasteiger charge is 2.29. The van der Waals surface area contributed by atoms with Gasteiger partial charge < -0.3 is 34.9 Å². The summed E-state index contributed by atoms with van der Waals surface area (Å²) in [5.41, 5.74) is 0.614. The molecule has 1 unspecified atom stereocenters. The van der Waals surface area contributed by atoms with Crippen molar-refractivity contribution in [3.05, 3.63) is 11.9 Å². The molecule has 0 radical (unpaired) electrons. The highest BCUT2D eigenvalue weighted by Crippen LogP contribution is 2.10. The summed E-state index contributed by atoms with van der Waals surface area (Å²) in [5.74, 6) is -0.248. The van der Waals surface area contributed by atoms with Gasteiger partial charge in [0.2, 0.25) is 5.91 Å². The predicted octanol–water partition coefficient (Wildman–Crippen LogP) is -1.26. The number of ether oxygens (including phenoxy) is 3. The van der Waals surface area contributed by atoms with Gasteiger partial charge in [-0.25, -0.2) is 9.48 Å². The van der Waals surface area contributed by atoms with Crippen molar-refractivity contribution in [1.82, 2.24) is 30.5 Å². The van der Waals surface area contributed by atoms with Gasteiger partial charge in [-0.3, -0.25) is 4.79 Å². The minimum absolute atomic E-state index is 0.0318. The fraction of sp³-hybridized carbons (Fsp3) is 0.778. The standard InChI is InChI=1S/C18H32N6O6/c1-14(25)8-20-17(26)12-24-9-15(21-22-24)13-30-7-6-29-5-3-4-19-18(27)23-10-16(11-23)28-2/h9,14,16,25H,3-8,10-13H2,1-2H3,(H,19,27)(H,20,26). The number of amides is 3. The van der Waals surface area contributed by atoms with Crippen molar-refractivity contribution in [2.75, 3.05) is 53.1 Å². The maximum Gasteiger partial charge on any atom is 0.317 e. The first-order chi connectivity index (χ1) is 14.5. The number of urea groups is 1. The van der Waals surface area contributed by atoms with Crippen LogP contribution in [0.5, 0.6) is 0 Å². The Labute approximate surface area is 175 Å². The number of nitrogens with one attached hydrogen (secondary N) is 2. The molecule has 2 rings (SSSR count). The molecule has 1 aromatic heterocycles. The van der Waals surface area contributed by atoms with E-state index >= 15 is 0 Å². The van der Waals surface area contributed by atoms with E-state index in [1.807, 2.05) is 0 Å². The van der Waals surface area contributed by atoms with Crippen molar-refractivity contribution in [1.29, 1.82) is 0 Å². The largest absolute Gasteiger partial charge is 0.392 e. The maximum atomic E-state index is 11.8. The van der Waals surface area contributed by atoms with E-state index < -0.39 is 6.10 Å². The molecule has 1 fully saturated rings. The minimum atomic E-state index is -0.593. The first-order valence-electron chi connectivity index (χ1n) is 10.0. The quantitative estimate of drug-likeness (QED) is 0.312. The third-order valence-corrected chi connectivity index (χ3v) is 4.32. The molecule has 1 aromatic rings. The van der Waals surface area contributed by atoms with E-state index in [4.69, 9.17) is 19.3 Å². The van der Waals surface area contributed by atoms with Crippen LogP contribution >= 0.6 is 0 Å². The number of hydrogen-bond acceptors (Lipinski definition) is 8. The topological polar surface area (TPSA) is 140 Å². The van der Waals surface area contributed by atoms with E-state index in [1.165, 1.54) is 4.68 Å². The molecule has 3 amide bonds. The Morgan fingerprint density at radius 2 is 2.03 bits per heavy atom. The zero-order valence-corrected chi connectivity index (χ0v) is 17.6. The SMILES string of the molecule is COC1CN(C(=O)NCCCOCCOCc2cn(CC(=O)NCC(C)O)nn2)C1. The van der Waals surface area contributed by atoms with Crippen LogP contribution in [0.25, 0.3) is 0 Å². The van der Waals surface area contributed by atoms with Gasteiger partial charge in [0.1, 0.15) is 12.2 Å². The first kappa shape index (κ1) is 24.0. The second-order valence-electron chi connectivity index (χ2n) is 7.07. The highest BCUT2D eigenvalue weighted by molar-refractivity contribution is 5.75. The summed E-state index contributed by atoms with van der Waals surface area (Å²) in [6.07, 6.45) is 1.92. The number of nitrogens with zero attached hydrogens (tertiary/aromatic N) is 4. The molecule has 2 heterocycles. The Kier molecular flexibility index (Phi) is 10.5. The normalized spacial score (nSPS) is 15.0. The van der Waals surface area contributed by atoms with E-state index in [1.54, 1.807) is 25.1 Å². The number of aromatic nitrogens is 3. The van der Waals surface area contributed by atoms with Gasteiger partial charge in [0.05, 0.1) is 51.3 Å². The van der Waals surface area contributed by atoms with Crippen molar-refractivity contribution in [3.8, 4) is 0 Å². The van der Waals surface area contributed by atoms with Crippen LogP contribution in [0, 0.1) is 0 Å². The van der Waals surface area contributed by atoms with E-state index in [0.717, 1.165) is 6.42 Å². The summed E-state index contributed by atoms with van der Waals surface area (Å²) in [4.78, 5) is 25.1. The number of rotatable bonds is 14. The average molecular weight is 428 g/mol. The summed E-state index contributed by atoms with van der Waals surface area (Å²) in [6.45, 7) is 5.30. The van der Waals surface area contributed by atoms with Crippen LogP contribution < -0.4 is 10.6 Å². The number of aliphatic hydroxyl groups excluding tert-OH is 1. The van der Waals surface area contributed by atoms with E-state index in [-0.39, 0.29) is 37.7 Å².